The lowest BCUT2D eigenvalue weighted by molar-refractivity contribution is 0.0727. The molecule has 1 saturated carbocycles. The van der Waals surface area contributed by atoms with Crippen molar-refractivity contribution in [2.75, 3.05) is 39.3 Å². The van der Waals surface area contributed by atoms with Crippen LogP contribution in [0.3, 0.4) is 0 Å². The lowest BCUT2D eigenvalue weighted by atomic mass is 9.93. The molecule has 3 heteroatoms. The highest BCUT2D eigenvalue weighted by molar-refractivity contribution is 4.99. The summed E-state index contributed by atoms with van der Waals surface area (Å²) in [6.45, 7) is 17.3. The molecule has 0 amide bonds. The van der Waals surface area contributed by atoms with E-state index in [9.17, 15) is 0 Å². The predicted octanol–water partition coefficient (Wildman–Crippen LogP) is 2.13. The fourth-order valence-electron chi connectivity index (χ4n) is 4.74. The third-order valence-corrected chi connectivity index (χ3v) is 6.02. The molecule has 0 unspecified atom stereocenters. The smallest absolute Gasteiger partial charge is 0.0113 e. The Hall–Kier alpha value is -0.120. The van der Waals surface area contributed by atoms with E-state index in [-0.39, 0.29) is 0 Å². The summed E-state index contributed by atoms with van der Waals surface area (Å²) >= 11 is 0. The van der Waals surface area contributed by atoms with Gasteiger partial charge in [0.2, 0.25) is 0 Å². The number of fused-ring (bicyclic) bond motifs is 2. The van der Waals surface area contributed by atoms with Crippen LogP contribution < -0.4 is 0 Å². The zero-order chi connectivity index (χ0) is 14.3. The Morgan fingerprint density at radius 3 is 2.10 bits per heavy atom. The van der Waals surface area contributed by atoms with Crippen molar-refractivity contribution in [3.8, 4) is 0 Å². The largest absolute Gasteiger partial charge is 0.301 e. The normalized spacial score (nSPS) is 36.6. The Labute approximate surface area is 125 Å². The number of rotatable bonds is 4. The average molecular weight is 279 g/mol. The summed E-state index contributed by atoms with van der Waals surface area (Å²) in [6, 6.07) is 2.38. The van der Waals surface area contributed by atoms with Crippen LogP contribution in [0.4, 0.5) is 0 Å². The summed E-state index contributed by atoms with van der Waals surface area (Å²) in [6.07, 6.45) is 2.95. The second kappa shape index (κ2) is 5.94. The van der Waals surface area contributed by atoms with Gasteiger partial charge in [-0.25, -0.2) is 0 Å². The highest BCUT2D eigenvalue weighted by Gasteiger charge is 2.45. The second-order valence-corrected chi connectivity index (χ2v) is 7.87. The van der Waals surface area contributed by atoms with Gasteiger partial charge in [0.15, 0.2) is 0 Å². The molecule has 1 aliphatic carbocycles. The highest BCUT2D eigenvalue weighted by Crippen LogP contribution is 2.43. The molecule has 3 nitrogen and oxygen atoms in total. The molecule has 2 aliphatic heterocycles. The van der Waals surface area contributed by atoms with Crippen molar-refractivity contribution in [1.29, 1.82) is 0 Å². The topological polar surface area (TPSA) is 9.72 Å². The van der Waals surface area contributed by atoms with Crippen LogP contribution in [0.5, 0.6) is 0 Å². The maximum atomic E-state index is 2.75. The molecule has 3 rings (SSSR count). The van der Waals surface area contributed by atoms with E-state index in [2.05, 4.69) is 42.4 Å². The molecule has 0 aromatic carbocycles. The molecule has 20 heavy (non-hydrogen) atoms. The molecule has 0 aromatic heterocycles. The van der Waals surface area contributed by atoms with E-state index >= 15 is 0 Å². The van der Waals surface area contributed by atoms with E-state index in [1.54, 1.807) is 0 Å². The van der Waals surface area contributed by atoms with Gasteiger partial charge in [0.1, 0.15) is 0 Å². The fourth-order valence-corrected chi connectivity index (χ4v) is 4.74. The molecule has 3 aliphatic rings. The molecule has 0 radical (unpaired) electrons. The molecule has 2 saturated heterocycles. The van der Waals surface area contributed by atoms with Gasteiger partial charge in [-0.2, -0.15) is 0 Å². The molecule has 0 spiro atoms. The average Bonchev–Trinajstić information content (AvgIpc) is 2.99. The zero-order valence-electron chi connectivity index (χ0n) is 13.9. The Balaban J connectivity index is 1.45. The van der Waals surface area contributed by atoms with Gasteiger partial charge in [0.25, 0.3) is 0 Å². The zero-order valence-corrected chi connectivity index (χ0v) is 13.9. The minimum atomic E-state index is 0.722. The van der Waals surface area contributed by atoms with Gasteiger partial charge < -0.3 is 4.90 Å². The first kappa shape index (κ1) is 14.8. The van der Waals surface area contributed by atoms with E-state index in [4.69, 9.17) is 0 Å². The fraction of sp³-hybridized carbons (Fsp3) is 1.00. The quantitative estimate of drug-likeness (QED) is 0.780. The Kier molecular flexibility index (Phi) is 4.40. The first-order valence-electron chi connectivity index (χ1n) is 8.76. The molecule has 3 atom stereocenters. The van der Waals surface area contributed by atoms with Gasteiger partial charge >= 0.3 is 0 Å². The second-order valence-electron chi connectivity index (χ2n) is 7.87. The monoisotopic (exact) mass is 279 g/mol. The molecule has 0 N–H and O–H groups in total. The third kappa shape index (κ3) is 2.90. The number of nitrogens with zero attached hydrogens (tertiary/aromatic N) is 3. The summed E-state index contributed by atoms with van der Waals surface area (Å²) in [4.78, 5) is 8.11. The third-order valence-electron chi connectivity index (χ3n) is 6.02. The SMILES string of the molecule is CC(C)N1CCN(C[C@H]2C[C@@H]3C[C@H]2CN3C(C)C)CC1. The van der Waals surface area contributed by atoms with Crippen molar-refractivity contribution in [2.45, 2.75) is 58.7 Å². The minimum absolute atomic E-state index is 0.722. The Morgan fingerprint density at radius 1 is 0.900 bits per heavy atom. The molecular weight excluding hydrogens is 246 g/mol. The van der Waals surface area contributed by atoms with Gasteiger partial charge in [-0.3, -0.25) is 9.80 Å². The summed E-state index contributed by atoms with van der Waals surface area (Å²) < 4.78 is 0. The first-order chi connectivity index (χ1) is 9.54. The summed E-state index contributed by atoms with van der Waals surface area (Å²) in [7, 11) is 0. The van der Waals surface area contributed by atoms with Gasteiger partial charge in [-0.1, -0.05) is 0 Å². The number of hydrogen-bond donors (Lipinski definition) is 0. The van der Waals surface area contributed by atoms with Gasteiger partial charge in [0.05, 0.1) is 0 Å². The van der Waals surface area contributed by atoms with Gasteiger partial charge in [0, 0.05) is 57.4 Å². The van der Waals surface area contributed by atoms with Crippen LogP contribution in [0, 0.1) is 11.8 Å². The van der Waals surface area contributed by atoms with Gasteiger partial charge in [-0.05, 0) is 52.4 Å². The van der Waals surface area contributed by atoms with Crippen molar-refractivity contribution in [3.05, 3.63) is 0 Å². The molecule has 2 bridgehead atoms. The van der Waals surface area contributed by atoms with Crippen molar-refractivity contribution in [3.63, 3.8) is 0 Å². The van der Waals surface area contributed by atoms with Crippen LogP contribution in [0.1, 0.15) is 40.5 Å². The van der Waals surface area contributed by atoms with E-state index in [0.29, 0.717) is 0 Å². The molecule has 3 fully saturated rings. The van der Waals surface area contributed by atoms with Crippen LogP contribution in [0.2, 0.25) is 0 Å². The molecule has 0 aromatic rings. The van der Waals surface area contributed by atoms with Crippen LogP contribution in [-0.2, 0) is 0 Å². The van der Waals surface area contributed by atoms with Crippen LogP contribution >= 0.6 is 0 Å². The van der Waals surface area contributed by atoms with Crippen molar-refractivity contribution >= 4 is 0 Å². The summed E-state index contributed by atoms with van der Waals surface area (Å²) in [5.41, 5.74) is 0. The van der Waals surface area contributed by atoms with E-state index < -0.39 is 0 Å². The lowest BCUT2D eigenvalue weighted by Crippen LogP contribution is -2.51. The summed E-state index contributed by atoms with van der Waals surface area (Å²) in [5.74, 6) is 1.98. The van der Waals surface area contributed by atoms with Crippen molar-refractivity contribution < 1.29 is 0 Å². The van der Waals surface area contributed by atoms with E-state index in [1.165, 1.54) is 52.1 Å². The lowest BCUT2D eigenvalue weighted by Gasteiger charge is -2.40. The highest BCUT2D eigenvalue weighted by atomic mass is 15.3. The minimum Gasteiger partial charge on any atom is -0.301 e. The van der Waals surface area contributed by atoms with E-state index in [0.717, 1.165) is 30.0 Å². The molecule has 2 heterocycles. The van der Waals surface area contributed by atoms with Crippen molar-refractivity contribution in [1.82, 2.24) is 14.7 Å². The number of piperazine rings is 1. The Morgan fingerprint density at radius 2 is 1.60 bits per heavy atom. The van der Waals surface area contributed by atoms with Gasteiger partial charge in [-0.15, -0.1) is 0 Å². The molecule has 116 valence electrons. The number of piperidine rings is 1. The molecular formula is C17H33N3. The van der Waals surface area contributed by atoms with Crippen LogP contribution in [-0.4, -0.2) is 72.1 Å². The summed E-state index contributed by atoms with van der Waals surface area (Å²) in [5, 5.41) is 0. The maximum Gasteiger partial charge on any atom is 0.0113 e. The number of likely N-dealkylation sites (tertiary alicyclic amines) is 1. The van der Waals surface area contributed by atoms with Crippen LogP contribution in [0.25, 0.3) is 0 Å². The standard InChI is InChI=1S/C17H33N3/c1-13(2)19-7-5-18(6-8-19)11-15-9-17-10-16(15)12-20(17)14(3)4/h13-17H,5-12H2,1-4H3/t15-,16+,17-/m1/s1. The first-order valence-corrected chi connectivity index (χ1v) is 8.76. The van der Waals surface area contributed by atoms with Crippen LogP contribution in [0.15, 0.2) is 0 Å². The maximum absolute atomic E-state index is 2.75. The predicted molar refractivity (Wildman–Crippen MR) is 85.0 cm³/mol. The van der Waals surface area contributed by atoms with Crippen molar-refractivity contribution in [2.24, 2.45) is 11.8 Å². The van der Waals surface area contributed by atoms with E-state index in [1.807, 2.05) is 0 Å². The Bertz CT molecular complexity index is 320. The number of hydrogen-bond acceptors (Lipinski definition) is 3.